The maximum absolute atomic E-state index is 13.1. The fraction of sp³-hybridized carbons (Fsp3) is 0.250. The summed E-state index contributed by atoms with van der Waals surface area (Å²) < 4.78 is 29.7. The predicted molar refractivity (Wildman–Crippen MR) is 126 cm³/mol. The molecule has 1 fully saturated rings. The number of nitrogens with two attached hydrogens (primary N) is 1. The van der Waals surface area contributed by atoms with E-state index in [1.54, 1.807) is 30.3 Å². The summed E-state index contributed by atoms with van der Waals surface area (Å²) in [6.07, 6.45) is 3.08. The summed E-state index contributed by atoms with van der Waals surface area (Å²) in [6.45, 7) is 11.7. The number of benzene rings is 1. The molecule has 0 saturated carbocycles. The van der Waals surface area contributed by atoms with Crippen LogP contribution in [-0.2, 0) is 14.6 Å². The number of carbonyl (C=O) groups excluding carboxylic acids is 2. The topological polar surface area (TPSA) is 114 Å². The highest BCUT2D eigenvalue weighted by Gasteiger charge is 2.36. The molecule has 1 aliphatic rings. The summed E-state index contributed by atoms with van der Waals surface area (Å²) in [5.41, 5.74) is 7.33. The second kappa shape index (κ2) is 9.60. The quantitative estimate of drug-likeness (QED) is 0.696. The van der Waals surface area contributed by atoms with E-state index in [1.807, 2.05) is 6.92 Å². The lowest BCUT2D eigenvalue weighted by molar-refractivity contribution is -0.129. The predicted octanol–water partition coefficient (Wildman–Crippen LogP) is 2.82. The Hall–Kier alpha value is -3.43. The van der Waals surface area contributed by atoms with Gasteiger partial charge in [0.05, 0.1) is 34.3 Å². The first kappa shape index (κ1) is 24.2. The van der Waals surface area contributed by atoms with Crippen LogP contribution in [0.25, 0.3) is 5.57 Å². The lowest BCUT2D eigenvalue weighted by Crippen LogP contribution is -2.52. The number of furan rings is 1. The van der Waals surface area contributed by atoms with Crippen molar-refractivity contribution < 1.29 is 22.4 Å². The van der Waals surface area contributed by atoms with Gasteiger partial charge in [-0.1, -0.05) is 25.3 Å². The van der Waals surface area contributed by atoms with Gasteiger partial charge < -0.3 is 20.0 Å². The van der Waals surface area contributed by atoms with Crippen LogP contribution in [0.2, 0.25) is 0 Å². The number of nitrogens with zero attached hydrogens (tertiary/aromatic N) is 2. The fourth-order valence-electron chi connectivity index (χ4n) is 3.77. The number of allylic oxidation sites excluding steroid dienone is 2. The summed E-state index contributed by atoms with van der Waals surface area (Å²) in [7, 11) is -3.45. The molecule has 0 spiro atoms. The Bertz CT molecular complexity index is 1210. The first-order valence-corrected chi connectivity index (χ1v) is 12.0. The third-order valence-corrected chi connectivity index (χ3v) is 7.13. The lowest BCUT2D eigenvalue weighted by Gasteiger charge is -2.42. The molecule has 2 aromatic rings. The average molecular weight is 470 g/mol. The van der Waals surface area contributed by atoms with Crippen LogP contribution in [0.4, 0.5) is 0 Å². The maximum atomic E-state index is 13.1. The van der Waals surface area contributed by atoms with Crippen molar-refractivity contribution >= 4 is 27.2 Å². The van der Waals surface area contributed by atoms with Gasteiger partial charge in [-0.15, -0.1) is 0 Å². The minimum absolute atomic E-state index is 0.0373. The van der Waals surface area contributed by atoms with Crippen molar-refractivity contribution in [2.75, 3.05) is 18.8 Å². The Balaban J connectivity index is 1.98. The van der Waals surface area contributed by atoms with Gasteiger partial charge >= 0.3 is 0 Å². The van der Waals surface area contributed by atoms with Gasteiger partial charge in [0.25, 0.3) is 5.91 Å². The molecule has 0 aliphatic carbocycles. The number of piperazine rings is 1. The molecule has 0 radical (unpaired) electrons. The van der Waals surface area contributed by atoms with Crippen molar-refractivity contribution in [3.8, 4) is 0 Å². The molecule has 9 heteroatoms. The Kier molecular flexibility index (Phi) is 7.04. The molecule has 1 unspecified atom stereocenters. The fourth-order valence-corrected chi connectivity index (χ4v) is 4.87. The summed E-state index contributed by atoms with van der Waals surface area (Å²) in [6, 6.07) is 9.17. The molecule has 3 rings (SSSR count). The molecular weight excluding hydrogens is 442 g/mol. The van der Waals surface area contributed by atoms with Crippen LogP contribution in [0.1, 0.15) is 30.0 Å². The minimum atomic E-state index is -3.45. The van der Waals surface area contributed by atoms with E-state index in [1.165, 1.54) is 35.1 Å². The minimum Gasteiger partial charge on any atom is -0.459 e. The monoisotopic (exact) mass is 469 g/mol. The third kappa shape index (κ3) is 4.99. The molecule has 1 atom stereocenters. The molecule has 174 valence electrons. The van der Waals surface area contributed by atoms with Crippen molar-refractivity contribution in [2.24, 2.45) is 5.73 Å². The Morgan fingerprint density at radius 2 is 1.91 bits per heavy atom. The molecule has 2 amide bonds. The van der Waals surface area contributed by atoms with Gasteiger partial charge in [0.15, 0.2) is 15.6 Å². The lowest BCUT2D eigenvalue weighted by atomic mass is 10.0. The average Bonchev–Trinajstić information content (AvgIpc) is 3.29. The summed E-state index contributed by atoms with van der Waals surface area (Å²) in [4.78, 5) is 28.6. The van der Waals surface area contributed by atoms with Gasteiger partial charge in [-0.05, 0) is 48.4 Å². The number of hydrogen-bond donors (Lipinski definition) is 1. The second-order valence-electron chi connectivity index (χ2n) is 7.76. The highest BCUT2D eigenvalue weighted by molar-refractivity contribution is 7.91. The van der Waals surface area contributed by atoms with Crippen LogP contribution >= 0.6 is 0 Å². The van der Waals surface area contributed by atoms with Crippen molar-refractivity contribution in [2.45, 2.75) is 24.8 Å². The highest BCUT2D eigenvalue weighted by Crippen LogP contribution is 2.31. The van der Waals surface area contributed by atoms with E-state index in [2.05, 4.69) is 13.2 Å². The Morgan fingerprint density at radius 1 is 1.24 bits per heavy atom. The van der Waals surface area contributed by atoms with E-state index in [9.17, 15) is 18.0 Å². The van der Waals surface area contributed by atoms with Crippen LogP contribution in [0.3, 0.4) is 0 Å². The molecule has 0 bridgehead atoms. The largest absolute Gasteiger partial charge is 0.459 e. The van der Waals surface area contributed by atoms with Crippen molar-refractivity contribution in [1.29, 1.82) is 0 Å². The first-order chi connectivity index (χ1) is 15.6. The van der Waals surface area contributed by atoms with Crippen LogP contribution in [0.5, 0.6) is 0 Å². The maximum Gasteiger partial charge on any atom is 0.294 e. The van der Waals surface area contributed by atoms with Gasteiger partial charge in [-0.25, -0.2) is 8.42 Å². The molecule has 8 nitrogen and oxygen atoms in total. The zero-order valence-electron chi connectivity index (χ0n) is 18.7. The van der Waals surface area contributed by atoms with Crippen molar-refractivity contribution in [3.63, 3.8) is 0 Å². The summed E-state index contributed by atoms with van der Waals surface area (Å²) in [5, 5.41) is 0. The molecule has 2 N–H and O–H groups in total. The molecule has 33 heavy (non-hydrogen) atoms. The van der Waals surface area contributed by atoms with Crippen molar-refractivity contribution in [3.05, 3.63) is 84.6 Å². The third-order valence-electron chi connectivity index (χ3n) is 5.36. The van der Waals surface area contributed by atoms with Crippen LogP contribution in [0, 0.1) is 0 Å². The summed E-state index contributed by atoms with van der Waals surface area (Å²) in [5.74, 6) is -0.528. The van der Waals surface area contributed by atoms with Gasteiger partial charge in [-0.2, -0.15) is 0 Å². The van der Waals surface area contributed by atoms with E-state index < -0.39 is 9.84 Å². The van der Waals surface area contributed by atoms with E-state index in [4.69, 9.17) is 10.2 Å². The number of sulfone groups is 1. The molecular formula is C24H27N3O5S. The van der Waals surface area contributed by atoms with E-state index in [-0.39, 0.29) is 47.4 Å². The van der Waals surface area contributed by atoms with Gasteiger partial charge in [0.1, 0.15) is 0 Å². The Labute approximate surface area is 193 Å². The van der Waals surface area contributed by atoms with Crippen LogP contribution in [-0.4, -0.2) is 54.9 Å². The van der Waals surface area contributed by atoms with Gasteiger partial charge in [0, 0.05) is 20.0 Å². The SMILES string of the molecule is C=C(/C=C1\C(=C)N(C(C)=O)C(C)CN1C(=O)c1ccco1)c1ccc(S(=O)(=O)CCN)cc1. The molecule has 1 aromatic carbocycles. The number of carbonyl (C=O) groups is 2. The van der Waals surface area contributed by atoms with E-state index in [0.717, 1.165) is 0 Å². The van der Waals surface area contributed by atoms with Gasteiger partial charge in [-0.3, -0.25) is 9.59 Å². The van der Waals surface area contributed by atoms with Crippen LogP contribution in [0.15, 0.2) is 82.6 Å². The normalized spacial score (nSPS) is 18.0. The molecule has 1 aliphatic heterocycles. The van der Waals surface area contributed by atoms with E-state index in [0.29, 0.717) is 22.5 Å². The smallest absolute Gasteiger partial charge is 0.294 e. The second-order valence-corrected chi connectivity index (χ2v) is 9.87. The Morgan fingerprint density at radius 3 is 2.45 bits per heavy atom. The zero-order chi connectivity index (χ0) is 24.3. The van der Waals surface area contributed by atoms with Crippen molar-refractivity contribution in [1.82, 2.24) is 9.80 Å². The van der Waals surface area contributed by atoms with Crippen LogP contribution < -0.4 is 5.73 Å². The highest BCUT2D eigenvalue weighted by atomic mass is 32.2. The number of amides is 2. The number of hydrogen-bond acceptors (Lipinski definition) is 6. The zero-order valence-corrected chi connectivity index (χ0v) is 19.5. The standard InChI is InChI=1S/C24H27N3O5S/c1-16(20-7-9-21(10-8-20)33(30,31)13-11-25)14-22-18(3)27(19(4)28)17(2)15-26(22)24(29)23-6-5-12-32-23/h5-10,12,14,17H,1,3,11,13,15,25H2,2,4H3/b22-14+. The van der Waals surface area contributed by atoms with E-state index >= 15 is 0 Å². The van der Waals surface area contributed by atoms with Gasteiger partial charge in [0.2, 0.25) is 5.91 Å². The molecule has 1 saturated heterocycles. The number of rotatable bonds is 6. The summed E-state index contributed by atoms with van der Waals surface area (Å²) >= 11 is 0. The first-order valence-electron chi connectivity index (χ1n) is 10.3. The molecule has 2 heterocycles. The molecule has 1 aromatic heterocycles.